The lowest BCUT2D eigenvalue weighted by atomic mass is 9.99. The van der Waals surface area contributed by atoms with E-state index in [2.05, 4.69) is 0 Å². The minimum Gasteiger partial charge on any atom is -0.476 e. The molecule has 12 heteroatoms. The van der Waals surface area contributed by atoms with E-state index in [9.17, 15) is 43.5 Å². The van der Waals surface area contributed by atoms with E-state index in [0.717, 1.165) is 12.1 Å². The third-order valence-corrected chi connectivity index (χ3v) is 5.57. The molecule has 2 aromatic carbocycles. The number of carbonyl (C=O) groups is 1. The minimum absolute atomic E-state index is 0.120. The van der Waals surface area contributed by atoms with Gasteiger partial charge >= 0.3 is 12.1 Å². The Balaban J connectivity index is 1.90. The van der Waals surface area contributed by atoms with Gasteiger partial charge in [0.2, 0.25) is 0 Å². The predicted molar refractivity (Wildman–Crippen MR) is 110 cm³/mol. The van der Waals surface area contributed by atoms with Gasteiger partial charge in [0.15, 0.2) is 5.69 Å². The summed E-state index contributed by atoms with van der Waals surface area (Å²) in [6.07, 6.45) is -13.5. The molecule has 0 saturated carbocycles. The fourth-order valence-electron chi connectivity index (χ4n) is 3.84. The van der Waals surface area contributed by atoms with Crippen molar-refractivity contribution in [2.45, 2.75) is 36.9 Å². The van der Waals surface area contributed by atoms with Crippen molar-refractivity contribution in [2.24, 2.45) is 0 Å². The number of hydrogen-bond acceptors (Lipinski definition) is 7. The maximum absolute atomic E-state index is 13.9. The van der Waals surface area contributed by atoms with Crippen molar-refractivity contribution >= 4 is 16.9 Å². The summed E-state index contributed by atoms with van der Waals surface area (Å²) in [7, 11) is 0. The quantitative estimate of drug-likeness (QED) is 0.365. The lowest BCUT2D eigenvalue weighted by Crippen LogP contribution is -2.61. The van der Waals surface area contributed by atoms with Gasteiger partial charge in [-0.15, -0.1) is 0 Å². The number of rotatable bonds is 5. The first-order valence-corrected chi connectivity index (χ1v) is 10.1. The molecule has 0 aliphatic carbocycles. The zero-order valence-electron chi connectivity index (χ0n) is 17.3. The highest BCUT2D eigenvalue weighted by atomic mass is 19.4. The number of nitrogens with zero attached hydrogens (tertiary/aromatic N) is 1. The third-order valence-electron chi connectivity index (χ3n) is 5.57. The first kappa shape index (κ1) is 24.0. The van der Waals surface area contributed by atoms with Crippen molar-refractivity contribution in [3.05, 3.63) is 59.8 Å². The van der Waals surface area contributed by atoms with Crippen LogP contribution in [0.5, 0.6) is 0 Å². The number of aromatic carboxylic acids is 1. The van der Waals surface area contributed by atoms with Crippen LogP contribution in [0.15, 0.2) is 48.5 Å². The maximum atomic E-state index is 13.9. The number of ether oxygens (including phenoxy) is 1. The molecule has 0 radical (unpaired) electrons. The molecule has 0 unspecified atom stereocenters. The highest BCUT2D eigenvalue weighted by molar-refractivity contribution is 5.97. The molecule has 5 N–H and O–H groups in total. The van der Waals surface area contributed by atoms with Crippen LogP contribution >= 0.6 is 0 Å². The third kappa shape index (κ3) is 4.21. The van der Waals surface area contributed by atoms with E-state index in [4.69, 9.17) is 9.57 Å². The van der Waals surface area contributed by atoms with Gasteiger partial charge < -0.3 is 35.1 Å². The average Bonchev–Trinajstić information content (AvgIpc) is 3.17. The van der Waals surface area contributed by atoms with Crippen molar-refractivity contribution in [3.63, 3.8) is 0 Å². The molecule has 1 fully saturated rings. The number of carboxylic acid groups (broad SMARTS) is 1. The van der Waals surface area contributed by atoms with Gasteiger partial charge in [-0.3, -0.25) is 0 Å². The van der Waals surface area contributed by atoms with Gasteiger partial charge in [0.05, 0.1) is 17.7 Å². The number of carboxylic acids is 1. The van der Waals surface area contributed by atoms with Crippen molar-refractivity contribution < 1.29 is 53.1 Å². The number of fused-ring (bicyclic) bond motifs is 1. The van der Waals surface area contributed by atoms with Crippen LogP contribution in [0, 0.1) is 0 Å². The van der Waals surface area contributed by atoms with Crippen LogP contribution in [0.1, 0.15) is 16.1 Å². The second-order valence-electron chi connectivity index (χ2n) is 7.75. The topological polar surface area (TPSA) is 142 Å². The minimum atomic E-state index is -4.84. The lowest BCUT2D eigenvalue weighted by Gasteiger charge is -2.39. The Morgan fingerprint density at radius 3 is 2.26 bits per heavy atom. The summed E-state index contributed by atoms with van der Waals surface area (Å²) >= 11 is 0. The number of aliphatic hydroxyl groups excluding tert-OH is 4. The fourth-order valence-corrected chi connectivity index (χ4v) is 3.84. The average molecular weight is 483 g/mol. The van der Waals surface area contributed by atoms with Crippen LogP contribution in [0.2, 0.25) is 0 Å². The Kier molecular flexibility index (Phi) is 6.27. The molecule has 0 spiro atoms. The second kappa shape index (κ2) is 8.89. The fraction of sp³-hybridized carbons (Fsp3) is 0.318. The molecule has 4 rings (SSSR count). The monoisotopic (exact) mass is 483 g/mol. The first-order chi connectivity index (χ1) is 16.0. The summed E-state index contributed by atoms with van der Waals surface area (Å²) in [6.45, 7) is -0.778. The Bertz CT molecular complexity index is 1190. The predicted octanol–water partition coefficient (Wildman–Crippen LogP) is 1.25. The van der Waals surface area contributed by atoms with Crippen LogP contribution < -0.4 is 4.84 Å². The van der Waals surface area contributed by atoms with Gasteiger partial charge in [-0.2, -0.15) is 17.9 Å². The van der Waals surface area contributed by atoms with Gasteiger partial charge in [-0.05, 0) is 29.3 Å². The van der Waals surface area contributed by atoms with Crippen molar-refractivity contribution in [1.29, 1.82) is 0 Å². The highest BCUT2D eigenvalue weighted by Gasteiger charge is 2.45. The summed E-state index contributed by atoms with van der Waals surface area (Å²) in [6, 6.07) is 11.0. The molecule has 5 atom stereocenters. The van der Waals surface area contributed by atoms with E-state index >= 15 is 0 Å². The highest BCUT2D eigenvalue weighted by Crippen LogP contribution is 2.39. The van der Waals surface area contributed by atoms with E-state index in [1.165, 1.54) is 6.07 Å². The van der Waals surface area contributed by atoms with Crippen LogP contribution in [-0.4, -0.2) is 73.5 Å². The van der Waals surface area contributed by atoms with Crippen molar-refractivity contribution in [1.82, 2.24) is 4.73 Å². The number of aromatic nitrogens is 1. The normalized spacial score (nSPS) is 25.4. The van der Waals surface area contributed by atoms with E-state index in [1.807, 2.05) is 0 Å². The van der Waals surface area contributed by atoms with E-state index in [-0.39, 0.29) is 11.1 Å². The van der Waals surface area contributed by atoms with Gasteiger partial charge in [-0.25, -0.2) is 4.79 Å². The smallest absolute Gasteiger partial charge is 0.417 e. The summed E-state index contributed by atoms with van der Waals surface area (Å²) in [5.74, 6) is -1.63. The molecule has 0 amide bonds. The Morgan fingerprint density at radius 1 is 1.00 bits per heavy atom. The summed E-state index contributed by atoms with van der Waals surface area (Å²) in [5, 5.41) is 48.7. The molecule has 9 nitrogen and oxygen atoms in total. The van der Waals surface area contributed by atoms with Crippen LogP contribution in [0.3, 0.4) is 0 Å². The van der Waals surface area contributed by atoms with Crippen molar-refractivity contribution in [2.75, 3.05) is 6.61 Å². The number of halogens is 3. The Hall–Kier alpha value is -3.16. The van der Waals surface area contributed by atoms with Crippen molar-refractivity contribution in [3.8, 4) is 11.1 Å². The number of alkyl halides is 3. The van der Waals surface area contributed by atoms with Gasteiger partial charge in [0, 0.05) is 5.39 Å². The molecule has 1 aliphatic rings. The van der Waals surface area contributed by atoms with Gasteiger partial charge in [0.25, 0.3) is 6.29 Å². The van der Waals surface area contributed by atoms with E-state index in [1.54, 1.807) is 30.3 Å². The van der Waals surface area contributed by atoms with Gasteiger partial charge in [-0.1, -0.05) is 30.3 Å². The summed E-state index contributed by atoms with van der Waals surface area (Å²) in [5.41, 5.74) is -1.56. The molecule has 3 aromatic rings. The van der Waals surface area contributed by atoms with E-state index < -0.39 is 66.1 Å². The SMILES string of the molecule is O=C(O)c1cc2c(C(F)(F)F)cc(-c3ccccc3)cc2n1O[C@@H]1O[C@H](CO)[C@H](O)[C@@H](O)[C@H]1O. The molecule has 0 bridgehead atoms. The molecular formula is C22H20F3NO8. The number of benzene rings is 2. The molecule has 2 heterocycles. The number of hydrogen-bond donors (Lipinski definition) is 5. The van der Waals surface area contributed by atoms with Gasteiger partial charge in [0.1, 0.15) is 24.4 Å². The Labute approximate surface area is 189 Å². The largest absolute Gasteiger partial charge is 0.476 e. The zero-order chi connectivity index (χ0) is 24.8. The van der Waals surface area contributed by atoms with E-state index in [0.29, 0.717) is 10.3 Å². The zero-order valence-corrected chi connectivity index (χ0v) is 17.3. The second-order valence-corrected chi connectivity index (χ2v) is 7.75. The molecular weight excluding hydrogens is 463 g/mol. The summed E-state index contributed by atoms with van der Waals surface area (Å²) in [4.78, 5) is 17.3. The molecule has 182 valence electrons. The number of aliphatic hydroxyl groups is 4. The molecule has 34 heavy (non-hydrogen) atoms. The molecule has 1 aromatic heterocycles. The standard InChI is InChI=1S/C22H20F3NO8/c23-22(24,25)13-6-11(10-4-2-1-3-5-10)7-14-12(13)8-15(20(31)32)26(14)34-21-19(30)18(29)17(28)16(9-27)33-21/h1-8,16-19,21,27-30H,9H2,(H,31,32)/t16-,17+,18-,19-,21+/m1/s1. The Morgan fingerprint density at radius 2 is 1.68 bits per heavy atom. The van der Waals surface area contributed by atoms with Crippen LogP contribution in [0.4, 0.5) is 13.2 Å². The first-order valence-electron chi connectivity index (χ1n) is 10.1. The van der Waals surface area contributed by atoms with Crippen LogP contribution in [0.25, 0.3) is 22.0 Å². The lowest BCUT2D eigenvalue weighted by molar-refractivity contribution is -0.299. The molecule has 1 aliphatic heterocycles. The van der Waals surface area contributed by atoms with Crippen LogP contribution in [-0.2, 0) is 10.9 Å². The summed E-state index contributed by atoms with van der Waals surface area (Å²) < 4.78 is 47.5. The molecule has 1 saturated heterocycles. The maximum Gasteiger partial charge on any atom is 0.417 e.